The van der Waals surface area contributed by atoms with Gasteiger partial charge in [-0.15, -0.1) is 0 Å². The number of phenols is 2. The van der Waals surface area contributed by atoms with Gasteiger partial charge in [0.2, 0.25) is 11.8 Å². The molecule has 3 N–H and O–H groups in total. The molecule has 3 atom stereocenters. The van der Waals surface area contributed by atoms with E-state index in [0.717, 1.165) is 5.75 Å². The Morgan fingerprint density at radius 2 is 1.91 bits per heavy atom. The van der Waals surface area contributed by atoms with Gasteiger partial charge in [0.15, 0.2) is 5.82 Å². The number of ketones is 1. The van der Waals surface area contributed by atoms with E-state index in [1.165, 1.54) is 13.2 Å². The first-order chi connectivity index (χ1) is 22.6. The van der Waals surface area contributed by atoms with Gasteiger partial charge in [-0.1, -0.05) is 29.4 Å². The zero-order chi connectivity index (χ0) is 33.9. The molecule has 1 aromatic heterocycles. The lowest BCUT2D eigenvalue weighted by atomic mass is 9.84. The van der Waals surface area contributed by atoms with E-state index in [1.807, 2.05) is 6.26 Å². The second kappa shape index (κ2) is 17.0. The number of rotatable bonds is 10. The zero-order valence-corrected chi connectivity index (χ0v) is 28.1. The molecule has 1 aliphatic heterocycles. The van der Waals surface area contributed by atoms with Gasteiger partial charge in [0, 0.05) is 30.7 Å². The molecule has 3 unspecified atom stereocenters. The number of nitrogens with one attached hydrogen (secondary N) is 1. The highest BCUT2D eigenvalue weighted by molar-refractivity contribution is 7.98. The lowest BCUT2D eigenvalue weighted by Crippen LogP contribution is -2.30. The highest BCUT2D eigenvalue weighted by Crippen LogP contribution is 2.44. The topological polar surface area (TPSA) is 161 Å². The Labute approximate surface area is 279 Å². The Balaban J connectivity index is 1.76. The molecule has 2 aromatic carbocycles. The van der Waals surface area contributed by atoms with E-state index in [2.05, 4.69) is 15.5 Å². The molecular weight excluding hydrogens is 622 g/mol. The number of allylic oxidation sites excluding steroid dienone is 1. The van der Waals surface area contributed by atoms with Crippen LogP contribution in [0.4, 0.5) is 0 Å². The number of esters is 1. The third kappa shape index (κ3) is 9.60. The van der Waals surface area contributed by atoms with Crippen molar-refractivity contribution in [3.8, 4) is 17.2 Å². The first-order valence-electron chi connectivity index (χ1n) is 15.8. The normalized spacial score (nSPS) is 17.2. The number of cyclic esters (lactones) is 1. The average molecular weight is 666 g/mol. The predicted octanol–water partition coefficient (Wildman–Crippen LogP) is 6.41. The fraction of sp³-hybridized carbons (Fsp3) is 0.457. The van der Waals surface area contributed by atoms with Gasteiger partial charge in [-0.3, -0.25) is 9.59 Å². The SMILES string of the molecule is COc1ccc(C(CC(=O)NC(CCSC)c2nc(C)no2)c2c(O)cc3c(c2O)C(=O)OC(C)CCCC(=O)CCCC=C3)cc1. The van der Waals surface area contributed by atoms with Crippen LogP contribution in [0.3, 0.4) is 0 Å². The molecule has 0 fully saturated rings. The highest BCUT2D eigenvalue weighted by atomic mass is 32.2. The van der Waals surface area contributed by atoms with Gasteiger partial charge in [-0.05, 0) is 87.3 Å². The second-order valence-corrected chi connectivity index (χ2v) is 12.7. The molecule has 1 aliphatic rings. The number of aryl methyl sites for hydroxylation is 1. The number of phenolic OH excluding ortho intramolecular Hbond substituents is 2. The number of methoxy groups -OCH3 is 1. The molecule has 0 bridgehead atoms. The summed E-state index contributed by atoms with van der Waals surface area (Å²) in [4.78, 5) is 43.8. The number of fused-ring (bicyclic) bond motifs is 1. The minimum atomic E-state index is -0.870. The van der Waals surface area contributed by atoms with Crippen molar-refractivity contribution in [2.75, 3.05) is 19.1 Å². The molecule has 11 nitrogen and oxygen atoms in total. The molecule has 0 spiro atoms. The van der Waals surface area contributed by atoms with Crippen LogP contribution in [0.25, 0.3) is 6.08 Å². The maximum absolute atomic E-state index is 13.7. The van der Waals surface area contributed by atoms with Crippen LogP contribution < -0.4 is 10.1 Å². The number of carbonyl (C=O) groups excluding carboxylic acids is 3. The third-order valence-electron chi connectivity index (χ3n) is 8.09. The van der Waals surface area contributed by atoms with Crippen molar-refractivity contribution in [2.45, 2.75) is 83.3 Å². The van der Waals surface area contributed by atoms with Crippen molar-refractivity contribution < 1.29 is 38.6 Å². The number of hydrogen-bond acceptors (Lipinski definition) is 11. The summed E-state index contributed by atoms with van der Waals surface area (Å²) < 4.78 is 16.4. The third-order valence-corrected chi connectivity index (χ3v) is 8.74. The standard InChI is InChI=1S/C35H43N3O8S/c1-21-9-8-12-25(39)11-7-5-6-10-24-19-29(40)32(33(42)31(24)35(43)45-21)27(23-13-15-26(44-3)16-14-23)20-30(41)37-28(17-18-47-4)34-36-22(2)38-46-34/h6,10,13-16,19,21,27-28,40,42H,5,7-9,11-12,17-18,20H2,1-4H3,(H,37,41). The van der Waals surface area contributed by atoms with Crippen LogP contribution in [-0.4, -0.2) is 63.2 Å². The van der Waals surface area contributed by atoms with Gasteiger partial charge in [0.05, 0.1) is 13.2 Å². The molecule has 1 amide bonds. The monoisotopic (exact) mass is 665 g/mol. The summed E-state index contributed by atoms with van der Waals surface area (Å²) in [6.07, 6.45) is 8.40. The van der Waals surface area contributed by atoms with Crippen LogP contribution in [0, 0.1) is 6.92 Å². The van der Waals surface area contributed by atoms with Gasteiger partial charge in [-0.25, -0.2) is 4.79 Å². The molecule has 4 rings (SSSR count). The fourth-order valence-electron chi connectivity index (χ4n) is 5.63. The van der Waals surface area contributed by atoms with Crippen molar-refractivity contribution in [2.24, 2.45) is 0 Å². The quantitative estimate of drug-likeness (QED) is 0.205. The molecule has 0 radical (unpaired) electrons. The van der Waals surface area contributed by atoms with Crippen LogP contribution in [0.2, 0.25) is 0 Å². The largest absolute Gasteiger partial charge is 0.507 e. The number of nitrogens with zero attached hydrogens (tertiary/aromatic N) is 2. The molecule has 2 heterocycles. The molecule has 0 aliphatic carbocycles. The molecule has 252 valence electrons. The van der Waals surface area contributed by atoms with Crippen molar-refractivity contribution in [1.29, 1.82) is 0 Å². The van der Waals surface area contributed by atoms with Gasteiger partial charge >= 0.3 is 5.97 Å². The van der Waals surface area contributed by atoms with Crippen molar-refractivity contribution in [3.63, 3.8) is 0 Å². The Bertz CT molecular complexity index is 1570. The van der Waals surface area contributed by atoms with Crippen LogP contribution in [0.15, 0.2) is 40.9 Å². The van der Waals surface area contributed by atoms with E-state index in [9.17, 15) is 24.6 Å². The maximum atomic E-state index is 13.7. The van der Waals surface area contributed by atoms with E-state index >= 15 is 0 Å². The number of hydrogen-bond donors (Lipinski definition) is 3. The minimum absolute atomic E-state index is 0.0167. The number of aromatic nitrogens is 2. The summed E-state index contributed by atoms with van der Waals surface area (Å²) in [6, 6.07) is 7.79. The lowest BCUT2D eigenvalue weighted by Gasteiger charge is -2.24. The maximum Gasteiger partial charge on any atom is 0.342 e. The Morgan fingerprint density at radius 3 is 2.60 bits per heavy atom. The molecule has 0 saturated carbocycles. The second-order valence-electron chi connectivity index (χ2n) is 11.7. The molecule has 12 heteroatoms. The smallest absolute Gasteiger partial charge is 0.342 e. The summed E-state index contributed by atoms with van der Waals surface area (Å²) in [7, 11) is 1.54. The predicted molar refractivity (Wildman–Crippen MR) is 179 cm³/mol. The molecule has 0 saturated heterocycles. The number of ether oxygens (including phenoxy) is 2. The van der Waals surface area contributed by atoms with E-state index in [0.29, 0.717) is 62.1 Å². The van der Waals surface area contributed by atoms with Crippen molar-refractivity contribution in [1.82, 2.24) is 15.5 Å². The summed E-state index contributed by atoms with van der Waals surface area (Å²) in [6.45, 7) is 3.44. The number of carbonyl (C=O) groups is 3. The van der Waals surface area contributed by atoms with Crippen LogP contribution in [0.5, 0.6) is 17.2 Å². The van der Waals surface area contributed by atoms with E-state index in [-0.39, 0.29) is 40.5 Å². The summed E-state index contributed by atoms with van der Waals surface area (Å²) >= 11 is 1.61. The zero-order valence-electron chi connectivity index (χ0n) is 27.3. The number of Topliss-reactive ketones (excluding diaryl/α,β-unsaturated/α-hetero) is 1. The summed E-state index contributed by atoms with van der Waals surface area (Å²) in [5.41, 5.74) is 0.782. The summed E-state index contributed by atoms with van der Waals surface area (Å²) in [5, 5.41) is 30.1. The highest BCUT2D eigenvalue weighted by Gasteiger charge is 2.32. The number of benzene rings is 2. The first kappa shape index (κ1) is 35.5. The Hall–Kier alpha value is -4.32. The van der Waals surface area contributed by atoms with Crippen LogP contribution >= 0.6 is 11.8 Å². The number of thioether (sulfide) groups is 1. The van der Waals surface area contributed by atoms with Crippen LogP contribution in [-0.2, 0) is 14.3 Å². The Morgan fingerprint density at radius 1 is 1.17 bits per heavy atom. The van der Waals surface area contributed by atoms with E-state index < -0.39 is 35.7 Å². The van der Waals surface area contributed by atoms with Crippen molar-refractivity contribution >= 4 is 35.5 Å². The first-order valence-corrected chi connectivity index (χ1v) is 17.2. The minimum Gasteiger partial charge on any atom is -0.507 e. The van der Waals surface area contributed by atoms with Gasteiger partial charge in [-0.2, -0.15) is 16.7 Å². The molecular formula is C35H43N3O8S. The van der Waals surface area contributed by atoms with Crippen LogP contribution in [0.1, 0.15) is 109 Å². The van der Waals surface area contributed by atoms with Gasteiger partial charge in [0.1, 0.15) is 34.6 Å². The molecule has 3 aromatic rings. The molecule has 47 heavy (non-hydrogen) atoms. The average Bonchev–Trinajstić information content (AvgIpc) is 3.47. The Kier molecular flexibility index (Phi) is 12.9. The lowest BCUT2D eigenvalue weighted by molar-refractivity contribution is -0.122. The number of aromatic hydroxyl groups is 2. The van der Waals surface area contributed by atoms with Crippen molar-refractivity contribution in [3.05, 3.63) is 70.4 Å². The number of amides is 1. The van der Waals surface area contributed by atoms with Gasteiger partial charge in [0.25, 0.3) is 0 Å². The fourth-order valence-corrected chi connectivity index (χ4v) is 6.10. The van der Waals surface area contributed by atoms with E-state index in [1.54, 1.807) is 62.0 Å². The van der Waals surface area contributed by atoms with Gasteiger partial charge < -0.3 is 29.5 Å². The summed E-state index contributed by atoms with van der Waals surface area (Å²) in [5.74, 6) is -0.561. The van der Waals surface area contributed by atoms with E-state index in [4.69, 9.17) is 14.0 Å².